The summed E-state index contributed by atoms with van der Waals surface area (Å²) >= 11 is 0. The van der Waals surface area contributed by atoms with Crippen molar-refractivity contribution in [3.05, 3.63) is 48.0 Å². The van der Waals surface area contributed by atoms with E-state index in [-0.39, 0.29) is 12.1 Å². The Morgan fingerprint density at radius 2 is 2.22 bits per heavy atom. The molecule has 1 aliphatic heterocycles. The Balaban J connectivity index is 2.44. The first-order valence-electron chi connectivity index (χ1n) is 6.02. The molecule has 4 heteroatoms. The zero-order valence-electron chi connectivity index (χ0n) is 10.5. The smallest absolute Gasteiger partial charge is 0.346 e. The lowest BCUT2D eigenvalue weighted by Gasteiger charge is -2.25. The molecule has 1 aliphatic rings. The van der Waals surface area contributed by atoms with Crippen molar-refractivity contribution in [3.8, 4) is 0 Å². The van der Waals surface area contributed by atoms with E-state index in [1.54, 1.807) is 11.0 Å². The third-order valence-corrected chi connectivity index (χ3v) is 3.12. The van der Waals surface area contributed by atoms with Gasteiger partial charge in [-0.25, -0.2) is 4.79 Å². The number of amidine groups is 1. The van der Waals surface area contributed by atoms with Gasteiger partial charge in [-0.15, -0.1) is 6.58 Å². The van der Waals surface area contributed by atoms with Gasteiger partial charge < -0.3 is 10.6 Å². The van der Waals surface area contributed by atoms with Crippen LogP contribution in [0.3, 0.4) is 0 Å². The van der Waals surface area contributed by atoms with Crippen molar-refractivity contribution in [2.24, 2.45) is 10.7 Å². The van der Waals surface area contributed by atoms with Gasteiger partial charge in [-0.3, -0.25) is 0 Å². The van der Waals surface area contributed by atoms with Gasteiger partial charge in [-0.05, 0) is 17.5 Å². The van der Waals surface area contributed by atoms with Gasteiger partial charge in [0.2, 0.25) is 0 Å². The second-order valence-electron chi connectivity index (χ2n) is 4.22. The average Bonchev–Trinajstić information content (AvgIpc) is 2.65. The zero-order valence-corrected chi connectivity index (χ0v) is 10.5. The van der Waals surface area contributed by atoms with Gasteiger partial charge in [0.25, 0.3) is 0 Å². The van der Waals surface area contributed by atoms with Gasteiger partial charge in [0, 0.05) is 6.54 Å². The van der Waals surface area contributed by atoms with Crippen LogP contribution in [0.5, 0.6) is 0 Å². The van der Waals surface area contributed by atoms with Gasteiger partial charge in [0.05, 0.1) is 0 Å². The van der Waals surface area contributed by atoms with Crippen LogP contribution >= 0.6 is 0 Å². The molecule has 2 N–H and O–H groups in total. The van der Waals surface area contributed by atoms with Crippen LogP contribution in [0.15, 0.2) is 41.9 Å². The van der Waals surface area contributed by atoms with E-state index >= 15 is 0 Å². The minimum Gasteiger partial charge on any atom is -0.385 e. The van der Waals surface area contributed by atoms with Gasteiger partial charge in [0.15, 0.2) is 0 Å². The molecule has 1 unspecified atom stereocenters. The van der Waals surface area contributed by atoms with Crippen LogP contribution in [-0.4, -0.2) is 23.3 Å². The molecular formula is C14H17N3O. The van der Waals surface area contributed by atoms with Crippen LogP contribution in [0, 0.1) is 0 Å². The zero-order chi connectivity index (χ0) is 13.1. The standard InChI is InChI=1S/C14H17N3O/c1-3-9-17-12(13(15)16-14(17)18)11-8-6-5-7-10(11)4-2/h3,5-8,12H,1,4,9H2,2H3,(H2,15,16,18). The molecular weight excluding hydrogens is 226 g/mol. The lowest BCUT2D eigenvalue weighted by atomic mass is 9.97. The molecule has 2 rings (SSSR count). The monoisotopic (exact) mass is 243 g/mol. The van der Waals surface area contributed by atoms with Crippen LogP contribution in [-0.2, 0) is 6.42 Å². The molecule has 94 valence electrons. The summed E-state index contributed by atoms with van der Waals surface area (Å²) in [6, 6.07) is 7.45. The van der Waals surface area contributed by atoms with Crippen molar-refractivity contribution in [3.63, 3.8) is 0 Å². The maximum absolute atomic E-state index is 11.8. The van der Waals surface area contributed by atoms with E-state index in [4.69, 9.17) is 5.73 Å². The van der Waals surface area contributed by atoms with Crippen LogP contribution < -0.4 is 5.73 Å². The quantitative estimate of drug-likeness (QED) is 0.825. The third kappa shape index (κ3) is 2.01. The number of aryl methyl sites for hydroxylation is 1. The molecule has 0 bridgehead atoms. The molecule has 4 nitrogen and oxygen atoms in total. The van der Waals surface area contributed by atoms with E-state index in [9.17, 15) is 4.79 Å². The van der Waals surface area contributed by atoms with Gasteiger partial charge in [0.1, 0.15) is 11.9 Å². The molecule has 0 fully saturated rings. The Morgan fingerprint density at radius 1 is 1.50 bits per heavy atom. The Hall–Kier alpha value is -2.10. The molecule has 0 spiro atoms. The normalized spacial score (nSPS) is 18.9. The summed E-state index contributed by atoms with van der Waals surface area (Å²) in [6.45, 7) is 6.20. The topological polar surface area (TPSA) is 58.7 Å². The fraction of sp³-hybridized carbons (Fsp3) is 0.286. The van der Waals surface area contributed by atoms with Crippen LogP contribution in [0.25, 0.3) is 0 Å². The van der Waals surface area contributed by atoms with E-state index in [2.05, 4.69) is 24.6 Å². The lowest BCUT2D eigenvalue weighted by Crippen LogP contribution is -2.34. The number of carbonyl (C=O) groups is 1. The summed E-state index contributed by atoms with van der Waals surface area (Å²) in [5.41, 5.74) is 8.13. The summed E-state index contributed by atoms with van der Waals surface area (Å²) in [5, 5.41) is 0. The number of nitrogens with zero attached hydrogens (tertiary/aromatic N) is 2. The first kappa shape index (κ1) is 12.4. The van der Waals surface area contributed by atoms with E-state index in [1.807, 2.05) is 18.2 Å². The predicted molar refractivity (Wildman–Crippen MR) is 72.5 cm³/mol. The van der Waals surface area contributed by atoms with E-state index in [0.29, 0.717) is 12.4 Å². The van der Waals surface area contributed by atoms with Gasteiger partial charge in [-0.2, -0.15) is 4.99 Å². The maximum Gasteiger partial charge on any atom is 0.346 e. The molecule has 1 heterocycles. The van der Waals surface area contributed by atoms with Gasteiger partial charge >= 0.3 is 6.03 Å². The van der Waals surface area contributed by atoms with E-state index < -0.39 is 0 Å². The first-order valence-corrected chi connectivity index (χ1v) is 6.02. The second-order valence-corrected chi connectivity index (χ2v) is 4.22. The minimum atomic E-state index is -0.289. The molecule has 1 atom stereocenters. The predicted octanol–water partition coefficient (Wildman–Crippen LogP) is 2.27. The number of amides is 2. The summed E-state index contributed by atoms with van der Waals surface area (Å²) in [7, 11) is 0. The number of carbonyl (C=O) groups excluding carboxylic acids is 1. The van der Waals surface area contributed by atoms with Crippen molar-refractivity contribution in [2.75, 3.05) is 6.54 Å². The van der Waals surface area contributed by atoms with E-state index in [0.717, 1.165) is 12.0 Å². The summed E-state index contributed by atoms with van der Waals surface area (Å²) in [4.78, 5) is 17.3. The highest BCUT2D eigenvalue weighted by atomic mass is 16.2. The molecule has 0 aliphatic carbocycles. The molecule has 0 aromatic heterocycles. The van der Waals surface area contributed by atoms with Crippen molar-refractivity contribution in [1.29, 1.82) is 0 Å². The maximum atomic E-state index is 11.8. The summed E-state index contributed by atoms with van der Waals surface area (Å²) in [6.07, 6.45) is 2.59. The number of hydrogen-bond acceptors (Lipinski definition) is 2. The summed E-state index contributed by atoms with van der Waals surface area (Å²) in [5.74, 6) is 0.364. The fourth-order valence-electron chi connectivity index (χ4n) is 2.28. The average molecular weight is 243 g/mol. The molecule has 1 aromatic rings. The first-order chi connectivity index (χ1) is 8.69. The Labute approximate surface area is 107 Å². The van der Waals surface area contributed by atoms with Crippen molar-refractivity contribution in [1.82, 2.24) is 4.90 Å². The Bertz CT molecular complexity index is 508. The third-order valence-electron chi connectivity index (χ3n) is 3.12. The number of benzene rings is 1. The molecule has 18 heavy (non-hydrogen) atoms. The van der Waals surface area contributed by atoms with Crippen LogP contribution in [0.2, 0.25) is 0 Å². The number of urea groups is 1. The lowest BCUT2D eigenvalue weighted by molar-refractivity contribution is 0.212. The highest BCUT2D eigenvalue weighted by molar-refractivity contribution is 6.03. The van der Waals surface area contributed by atoms with Crippen molar-refractivity contribution in [2.45, 2.75) is 19.4 Å². The largest absolute Gasteiger partial charge is 0.385 e. The fourth-order valence-corrected chi connectivity index (χ4v) is 2.28. The molecule has 2 amide bonds. The van der Waals surface area contributed by atoms with Crippen LogP contribution in [0.1, 0.15) is 24.1 Å². The summed E-state index contributed by atoms with van der Waals surface area (Å²) < 4.78 is 0. The highest BCUT2D eigenvalue weighted by Crippen LogP contribution is 2.29. The SMILES string of the molecule is C=CCN1C(=O)N=C(N)C1c1ccccc1CC. The second kappa shape index (κ2) is 5.04. The molecule has 0 saturated heterocycles. The number of nitrogens with two attached hydrogens (primary N) is 1. The van der Waals surface area contributed by atoms with Crippen LogP contribution in [0.4, 0.5) is 4.79 Å². The Morgan fingerprint density at radius 3 is 2.89 bits per heavy atom. The molecule has 0 saturated carbocycles. The van der Waals surface area contributed by atoms with Crippen molar-refractivity contribution >= 4 is 11.9 Å². The number of rotatable bonds is 4. The van der Waals surface area contributed by atoms with Gasteiger partial charge in [-0.1, -0.05) is 37.3 Å². The molecule has 0 radical (unpaired) electrons. The number of hydrogen-bond donors (Lipinski definition) is 1. The molecule has 1 aromatic carbocycles. The minimum absolute atomic E-state index is 0.258. The highest BCUT2D eigenvalue weighted by Gasteiger charge is 2.34. The van der Waals surface area contributed by atoms with Crippen molar-refractivity contribution < 1.29 is 4.79 Å². The number of aliphatic imine (C=N–C) groups is 1. The van der Waals surface area contributed by atoms with E-state index in [1.165, 1.54) is 5.56 Å². The Kier molecular flexibility index (Phi) is 3.46.